The maximum atomic E-state index is 11.5. The van der Waals surface area contributed by atoms with E-state index in [-0.39, 0.29) is 12.3 Å². The van der Waals surface area contributed by atoms with Gasteiger partial charge in [0, 0.05) is 6.54 Å². The second-order valence-electron chi connectivity index (χ2n) is 5.41. The normalized spacial score (nSPS) is 10.3. The van der Waals surface area contributed by atoms with Gasteiger partial charge in [-0.05, 0) is 35.4 Å². The molecule has 6 nitrogen and oxygen atoms in total. The first-order valence-electron chi connectivity index (χ1n) is 8.13. The Morgan fingerprint density at radius 2 is 1.77 bits per heavy atom. The van der Waals surface area contributed by atoms with Crippen molar-refractivity contribution in [1.82, 2.24) is 10.7 Å². The van der Waals surface area contributed by atoms with Crippen molar-refractivity contribution < 1.29 is 14.3 Å². The Bertz CT molecular complexity index is 756. The average molecular weight is 351 g/mol. The van der Waals surface area contributed by atoms with Crippen LogP contribution in [0.5, 0.6) is 5.75 Å². The van der Waals surface area contributed by atoms with Gasteiger partial charge in [-0.2, -0.15) is 5.10 Å². The quantitative estimate of drug-likeness (QED) is 0.315. The predicted molar refractivity (Wildman–Crippen MR) is 101 cm³/mol. The van der Waals surface area contributed by atoms with Crippen LogP contribution in [0, 0.1) is 0 Å². The molecule has 0 atom stereocenters. The van der Waals surface area contributed by atoms with Crippen LogP contribution in [0.3, 0.4) is 0 Å². The zero-order chi connectivity index (χ0) is 18.6. The van der Waals surface area contributed by atoms with Gasteiger partial charge in [0.1, 0.15) is 18.8 Å². The molecule has 2 aromatic carbocycles. The third-order valence-corrected chi connectivity index (χ3v) is 3.30. The van der Waals surface area contributed by atoms with E-state index >= 15 is 0 Å². The molecule has 0 heterocycles. The van der Waals surface area contributed by atoms with E-state index in [2.05, 4.69) is 22.4 Å². The molecule has 0 bridgehead atoms. The highest BCUT2D eigenvalue weighted by atomic mass is 16.5. The lowest BCUT2D eigenvalue weighted by Gasteiger charge is -2.06. The SMILES string of the molecule is C=CCNC(=O)CC(=O)N/N=C\c1ccc(OCc2ccccc2)cc1. The second-order valence-corrected chi connectivity index (χ2v) is 5.41. The highest BCUT2D eigenvalue weighted by Gasteiger charge is 2.06. The molecule has 0 spiro atoms. The number of hydrazone groups is 1. The summed E-state index contributed by atoms with van der Waals surface area (Å²) < 4.78 is 5.70. The second kappa shape index (κ2) is 10.5. The molecule has 0 fully saturated rings. The molecule has 6 heteroatoms. The van der Waals surface area contributed by atoms with Gasteiger partial charge in [0.2, 0.25) is 11.8 Å². The number of amides is 2. The summed E-state index contributed by atoms with van der Waals surface area (Å²) in [7, 11) is 0. The van der Waals surface area contributed by atoms with Gasteiger partial charge in [0.25, 0.3) is 0 Å². The first kappa shape index (κ1) is 18.9. The third-order valence-electron chi connectivity index (χ3n) is 3.30. The smallest absolute Gasteiger partial charge is 0.249 e. The van der Waals surface area contributed by atoms with Gasteiger partial charge in [0.05, 0.1) is 6.21 Å². The van der Waals surface area contributed by atoms with Gasteiger partial charge in [-0.15, -0.1) is 6.58 Å². The summed E-state index contributed by atoms with van der Waals surface area (Å²) >= 11 is 0. The minimum atomic E-state index is -0.481. The summed E-state index contributed by atoms with van der Waals surface area (Å²) in [5, 5.41) is 6.35. The van der Waals surface area contributed by atoms with Crippen molar-refractivity contribution in [3.05, 3.63) is 78.4 Å². The van der Waals surface area contributed by atoms with Crippen molar-refractivity contribution in [2.45, 2.75) is 13.0 Å². The van der Waals surface area contributed by atoms with Crippen molar-refractivity contribution in [1.29, 1.82) is 0 Å². The van der Waals surface area contributed by atoms with Gasteiger partial charge in [-0.3, -0.25) is 9.59 Å². The summed E-state index contributed by atoms with van der Waals surface area (Å²) in [5.41, 5.74) is 4.21. The van der Waals surface area contributed by atoms with Gasteiger partial charge in [-0.1, -0.05) is 36.4 Å². The molecule has 2 aromatic rings. The zero-order valence-corrected chi connectivity index (χ0v) is 14.4. The maximum absolute atomic E-state index is 11.5. The summed E-state index contributed by atoms with van der Waals surface area (Å²) in [5.74, 6) is -0.114. The van der Waals surface area contributed by atoms with Crippen LogP contribution in [0.4, 0.5) is 0 Å². The predicted octanol–water partition coefficient (Wildman–Crippen LogP) is 2.41. The van der Waals surface area contributed by atoms with E-state index in [1.165, 1.54) is 6.21 Å². The zero-order valence-electron chi connectivity index (χ0n) is 14.4. The summed E-state index contributed by atoms with van der Waals surface area (Å²) in [6.07, 6.45) is 2.76. The Balaban J connectivity index is 1.75. The molecule has 2 amide bonds. The molecule has 0 saturated carbocycles. The van der Waals surface area contributed by atoms with E-state index in [0.717, 1.165) is 16.9 Å². The van der Waals surface area contributed by atoms with Crippen molar-refractivity contribution in [2.24, 2.45) is 5.10 Å². The Morgan fingerprint density at radius 1 is 1.04 bits per heavy atom. The van der Waals surface area contributed by atoms with Crippen LogP contribution in [0.1, 0.15) is 17.5 Å². The van der Waals surface area contributed by atoms with Crippen LogP contribution in [0.2, 0.25) is 0 Å². The van der Waals surface area contributed by atoms with Gasteiger partial charge >= 0.3 is 0 Å². The number of nitrogens with one attached hydrogen (secondary N) is 2. The highest BCUT2D eigenvalue weighted by Crippen LogP contribution is 2.13. The molecule has 0 aliphatic carbocycles. The van der Waals surface area contributed by atoms with Gasteiger partial charge < -0.3 is 10.1 Å². The number of hydrogen-bond acceptors (Lipinski definition) is 4. The Morgan fingerprint density at radius 3 is 2.46 bits per heavy atom. The molecular weight excluding hydrogens is 330 g/mol. The van der Waals surface area contributed by atoms with Crippen LogP contribution in [0.25, 0.3) is 0 Å². The van der Waals surface area contributed by atoms with Gasteiger partial charge in [0.15, 0.2) is 0 Å². The van der Waals surface area contributed by atoms with Crippen LogP contribution >= 0.6 is 0 Å². The summed E-state index contributed by atoms with van der Waals surface area (Å²) in [6, 6.07) is 17.2. The number of carbonyl (C=O) groups excluding carboxylic acids is 2. The fraction of sp³-hybridized carbons (Fsp3) is 0.150. The molecule has 0 radical (unpaired) electrons. The van der Waals surface area contributed by atoms with E-state index < -0.39 is 5.91 Å². The number of benzene rings is 2. The molecule has 0 aliphatic rings. The molecule has 2 rings (SSSR count). The first-order chi connectivity index (χ1) is 12.7. The van der Waals surface area contributed by atoms with Crippen molar-refractivity contribution in [2.75, 3.05) is 6.54 Å². The van der Waals surface area contributed by atoms with E-state index in [1.54, 1.807) is 6.08 Å². The molecule has 134 valence electrons. The molecule has 0 saturated heterocycles. The molecule has 2 N–H and O–H groups in total. The largest absolute Gasteiger partial charge is 0.489 e. The van der Waals surface area contributed by atoms with Crippen LogP contribution < -0.4 is 15.5 Å². The van der Waals surface area contributed by atoms with E-state index in [1.807, 2.05) is 54.6 Å². The maximum Gasteiger partial charge on any atom is 0.249 e. The van der Waals surface area contributed by atoms with Crippen molar-refractivity contribution >= 4 is 18.0 Å². The molecule has 0 unspecified atom stereocenters. The molecule has 0 aliphatic heterocycles. The third kappa shape index (κ3) is 7.00. The van der Waals surface area contributed by atoms with E-state index in [0.29, 0.717) is 13.2 Å². The number of hydrogen-bond donors (Lipinski definition) is 2. The molecule has 0 aromatic heterocycles. The van der Waals surface area contributed by atoms with Crippen molar-refractivity contribution in [3.63, 3.8) is 0 Å². The first-order valence-corrected chi connectivity index (χ1v) is 8.13. The lowest BCUT2D eigenvalue weighted by molar-refractivity contribution is -0.129. The summed E-state index contributed by atoms with van der Waals surface area (Å²) in [4.78, 5) is 22.9. The standard InChI is InChI=1S/C20H21N3O3/c1-2-12-21-19(24)13-20(25)23-22-14-16-8-10-18(11-9-16)26-15-17-6-4-3-5-7-17/h2-11,14H,1,12-13,15H2,(H,21,24)(H,23,25)/b22-14-. The lowest BCUT2D eigenvalue weighted by atomic mass is 10.2. The Labute approximate surface area is 152 Å². The Hall–Kier alpha value is -3.41. The monoisotopic (exact) mass is 351 g/mol. The molecule has 26 heavy (non-hydrogen) atoms. The van der Waals surface area contributed by atoms with Crippen LogP contribution in [-0.2, 0) is 16.2 Å². The van der Waals surface area contributed by atoms with E-state index in [9.17, 15) is 9.59 Å². The number of nitrogens with zero attached hydrogens (tertiary/aromatic N) is 1. The number of rotatable bonds is 9. The van der Waals surface area contributed by atoms with Crippen LogP contribution in [0.15, 0.2) is 72.4 Å². The fourth-order valence-corrected chi connectivity index (χ4v) is 2.00. The Kier molecular flexibility index (Phi) is 7.61. The number of ether oxygens (including phenoxy) is 1. The van der Waals surface area contributed by atoms with Crippen molar-refractivity contribution in [3.8, 4) is 5.75 Å². The fourth-order valence-electron chi connectivity index (χ4n) is 2.00. The number of carbonyl (C=O) groups is 2. The minimum Gasteiger partial charge on any atom is -0.489 e. The van der Waals surface area contributed by atoms with E-state index in [4.69, 9.17) is 4.74 Å². The average Bonchev–Trinajstić information content (AvgIpc) is 2.66. The lowest BCUT2D eigenvalue weighted by Crippen LogP contribution is -2.29. The minimum absolute atomic E-state index is 0.280. The molecular formula is C20H21N3O3. The van der Waals surface area contributed by atoms with Gasteiger partial charge in [-0.25, -0.2) is 5.43 Å². The van der Waals surface area contributed by atoms with Crippen LogP contribution in [-0.4, -0.2) is 24.6 Å². The highest BCUT2D eigenvalue weighted by molar-refractivity contribution is 5.97. The summed E-state index contributed by atoms with van der Waals surface area (Å²) in [6.45, 7) is 4.31. The topological polar surface area (TPSA) is 79.8 Å².